The molecule has 0 unspecified atom stereocenters. The number of unbranched alkanes of at least 4 members (excludes halogenated alkanes) is 4. The van der Waals surface area contributed by atoms with Crippen molar-refractivity contribution in [2.24, 2.45) is 5.73 Å². The van der Waals surface area contributed by atoms with Gasteiger partial charge in [0.2, 0.25) is 0 Å². The first-order valence-corrected chi connectivity index (χ1v) is 8.05. The van der Waals surface area contributed by atoms with Crippen molar-refractivity contribution in [2.75, 3.05) is 20.6 Å². The summed E-state index contributed by atoms with van der Waals surface area (Å²) in [5, 5.41) is 0. The van der Waals surface area contributed by atoms with Gasteiger partial charge in [-0.1, -0.05) is 19.3 Å². The van der Waals surface area contributed by atoms with Gasteiger partial charge >= 0.3 is 10.2 Å². The summed E-state index contributed by atoms with van der Waals surface area (Å²) in [4.78, 5) is 4.14. The maximum absolute atomic E-state index is 12.0. The van der Waals surface area contributed by atoms with Gasteiger partial charge in [-0.05, 0) is 19.4 Å². The monoisotopic (exact) mass is 288 g/mol. The first-order valence-electron chi connectivity index (χ1n) is 6.65. The van der Waals surface area contributed by atoms with Crippen LogP contribution in [0.1, 0.15) is 37.9 Å². The lowest BCUT2D eigenvalue weighted by Crippen LogP contribution is -2.29. The summed E-state index contributed by atoms with van der Waals surface area (Å²) in [6.07, 6.45) is 9.08. The quantitative estimate of drug-likeness (QED) is 0.687. The predicted octanol–water partition coefficient (Wildman–Crippen LogP) is 0.989. The first kappa shape index (κ1) is 16.1. The number of imidazole rings is 1. The molecule has 0 spiro atoms. The fourth-order valence-electron chi connectivity index (χ4n) is 1.84. The highest BCUT2D eigenvalue weighted by Crippen LogP contribution is 2.11. The van der Waals surface area contributed by atoms with E-state index >= 15 is 0 Å². The minimum atomic E-state index is -3.44. The highest BCUT2D eigenvalue weighted by molar-refractivity contribution is 7.87. The molecule has 0 aromatic carbocycles. The third-order valence-corrected chi connectivity index (χ3v) is 4.75. The summed E-state index contributed by atoms with van der Waals surface area (Å²) in [6.45, 7) is 0.742. The lowest BCUT2D eigenvalue weighted by molar-refractivity contribution is 0.507. The van der Waals surface area contributed by atoms with Gasteiger partial charge in [0.15, 0.2) is 0 Å². The van der Waals surface area contributed by atoms with Gasteiger partial charge in [-0.25, -0.2) is 8.96 Å². The van der Waals surface area contributed by atoms with Crippen molar-refractivity contribution in [3.05, 3.63) is 18.2 Å². The SMILES string of the molecule is CN(C)S(=O)(=O)n1ccnc1CCCCCCCN. The van der Waals surface area contributed by atoms with Crippen LogP contribution < -0.4 is 5.73 Å². The minimum absolute atomic E-state index is 0.604. The molecule has 0 atom stereocenters. The summed E-state index contributed by atoms with van der Waals surface area (Å²) in [7, 11) is -0.405. The molecule has 0 amide bonds. The van der Waals surface area contributed by atoms with Crippen molar-refractivity contribution in [2.45, 2.75) is 38.5 Å². The first-order chi connectivity index (χ1) is 9.00. The third kappa shape index (κ3) is 4.59. The van der Waals surface area contributed by atoms with Crippen molar-refractivity contribution < 1.29 is 8.42 Å². The zero-order valence-corrected chi connectivity index (χ0v) is 12.6. The topological polar surface area (TPSA) is 81.2 Å². The van der Waals surface area contributed by atoms with E-state index < -0.39 is 10.2 Å². The molecule has 0 saturated carbocycles. The summed E-state index contributed by atoms with van der Waals surface area (Å²) in [6, 6.07) is 0. The molecule has 1 rings (SSSR count). The number of aromatic nitrogens is 2. The average molecular weight is 288 g/mol. The Bertz CT molecular complexity index is 468. The van der Waals surface area contributed by atoms with E-state index in [1.165, 1.54) is 34.8 Å². The Labute approximate surface area is 115 Å². The van der Waals surface area contributed by atoms with Crippen LogP contribution in [0.4, 0.5) is 0 Å². The van der Waals surface area contributed by atoms with Crippen LogP contribution in [0, 0.1) is 0 Å². The van der Waals surface area contributed by atoms with Crippen LogP contribution in [0.15, 0.2) is 12.4 Å². The molecule has 19 heavy (non-hydrogen) atoms. The van der Waals surface area contributed by atoms with E-state index in [1.807, 2.05) is 0 Å². The number of nitrogens with zero attached hydrogens (tertiary/aromatic N) is 3. The number of rotatable bonds is 9. The number of hydrogen-bond donors (Lipinski definition) is 1. The van der Waals surface area contributed by atoms with Crippen molar-refractivity contribution in [3.8, 4) is 0 Å². The van der Waals surface area contributed by atoms with Crippen LogP contribution in [0.3, 0.4) is 0 Å². The highest BCUT2D eigenvalue weighted by atomic mass is 32.2. The molecule has 1 heterocycles. The van der Waals surface area contributed by atoms with E-state index in [-0.39, 0.29) is 0 Å². The van der Waals surface area contributed by atoms with Gasteiger partial charge in [0.05, 0.1) is 0 Å². The normalized spacial score (nSPS) is 12.2. The van der Waals surface area contributed by atoms with Crippen LogP contribution in [-0.2, 0) is 16.6 Å². The smallest absolute Gasteiger partial charge is 0.308 e. The Morgan fingerprint density at radius 2 is 1.84 bits per heavy atom. The Kier molecular flexibility index (Phi) is 6.47. The second-order valence-corrected chi connectivity index (χ2v) is 6.76. The molecule has 0 aliphatic carbocycles. The van der Waals surface area contributed by atoms with E-state index in [0.29, 0.717) is 12.2 Å². The zero-order valence-electron chi connectivity index (χ0n) is 11.7. The summed E-state index contributed by atoms with van der Waals surface area (Å²) in [5.41, 5.74) is 5.43. The number of nitrogens with two attached hydrogens (primary N) is 1. The van der Waals surface area contributed by atoms with Crippen LogP contribution in [0.5, 0.6) is 0 Å². The third-order valence-electron chi connectivity index (χ3n) is 2.99. The van der Waals surface area contributed by atoms with Crippen LogP contribution >= 0.6 is 0 Å². The molecule has 1 aromatic heterocycles. The molecular weight excluding hydrogens is 264 g/mol. The molecule has 2 N–H and O–H groups in total. The van der Waals surface area contributed by atoms with Crippen molar-refractivity contribution in [1.82, 2.24) is 13.3 Å². The molecule has 1 aromatic rings. The fourth-order valence-corrected chi connectivity index (χ4v) is 2.81. The largest absolute Gasteiger partial charge is 0.330 e. The van der Waals surface area contributed by atoms with E-state index in [1.54, 1.807) is 0 Å². The molecule has 0 radical (unpaired) electrons. The van der Waals surface area contributed by atoms with Crippen LogP contribution in [0.25, 0.3) is 0 Å². The standard InChI is InChI=1S/C12H24N4O2S/c1-15(2)19(17,18)16-11-10-14-12(16)8-6-4-3-5-7-9-13/h10-11H,3-9,13H2,1-2H3. The van der Waals surface area contributed by atoms with Crippen LogP contribution in [0.2, 0.25) is 0 Å². The van der Waals surface area contributed by atoms with Gasteiger partial charge in [-0.15, -0.1) is 0 Å². The van der Waals surface area contributed by atoms with Gasteiger partial charge in [-0.3, -0.25) is 0 Å². The fraction of sp³-hybridized carbons (Fsp3) is 0.750. The predicted molar refractivity (Wildman–Crippen MR) is 76.1 cm³/mol. The number of hydrogen-bond acceptors (Lipinski definition) is 4. The minimum Gasteiger partial charge on any atom is -0.330 e. The van der Waals surface area contributed by atoms with Gasteiger partial charge in [0, 0.05) is 32.9 Å². The van der Waals surface area contributed by atoms with E-state index in [4.69, 9.17) is 5.73 Å². The number of aryl methyl sites for hydroxylation is 1. The molecule has 0 bridgehead atoms. The summed E-state index contributed by atoms with van der Waals surface area (Å²) >= 11 is 0. The molecule has 0 aliphatic rings. The van der Waals surface area contributed by atoms with E-state index in [2.05, 4.69) is 4.98 Å². The summed E-state index contributed by atoms with van der Waals surface area (Å²) < 4.78 is 26.5. The summed E-state index contributed by atoms with van der Waals surface area (Å²) in [5.74, 6) is 0.604. The molecule has 110 valence electrons. The van der Waals surface area contributed by atoms with Gasteiger partial charge in [-0.2, -0.15) is 12.7 Å². The van der Waals surface area contributed by atoms with Gasteiger partial charge < -0.3 is 5.73 Å². The Morgan fingerprint density at radius 1 is 1.21 bits per heavy atom. The zero-order chi connectivity index (χ0) is 14.3. The van der Waals surface area contributed by atoms with Crippen molar-refractivity contribution in [3.63, 3.8) is 0 Å². The Hall–Kier alpha value is -0.920. The maximum atomic E-state index is 12.0. The van der Waals surface area contributed by atoms with E-state index in [9.17, 15) is 8.42 Å². The van der Waals surface area contributed by atoms with Gasteiger partial charge in [0.25, 0.3) is 0 Å². The second-order valence-electron chi connectivity index (χ2n) is 4.74. The molecular formula is C12H24N4O2S. The van der Waals surface area contributed by atoms with Crippen molar-refractivity contribution in [1.29, 1.82) is 0 Å². The molecule has 6 nitrogen and oxygen atoms in total. The Balaban J connectivity index is 2.50. The van der Waals surface area contributed by atoms with Crippen LogP contribution in [-0.4, -0.2) is 42.3 Å². The molecule has 0 aliphatic heterocycles. The highest BCUT2D eigenvalue weighted by Gasteiger charge is 2.19. The Morgan fingerprint density at radius 3 is 2.47 bits per heavy atom. The van der Waals surface area contributed by atoms with Crippen molar-refractivity contribution >= 4 is 10.2 Å². The molecule has 0 fully saturated rings. The lowest BCUT2D eigenvalue weighted by Gasteiger charge is -2.14. The maximum Gasteiger partial charge on any atom is 0.308 e. The average Bonchev–Trinajstić information content (AvgIpc) is 2.82. The lowest BCUT2D eigenvalue weighted by atomic mass is 10.1. The molecule has 7 heteroatoms. The molecule has 0 saturated heterocycles. The van der Waals surface area contributed by atoms with Gasteiger partial charge in [0.1, 0.15) is 5.82 Å². The van der Waals surface area contributed by atoms with E-state index in [0.717, 1.165) is 38.6 Å². The second kappa shape index (κ2) is 7.62.